The molecule has 0 atom stereocenters. The molecule has 1 N–H and O–H groups in total. The summed E-state index contributed by atoms with van der Waals surface area (Å²) in [6.07, 6.45) is 3.33. The van der Waals surface area contributed by atoms with E-state index >= 15 is 0 Å². The molecule has 0 aliphatic heterocycles. The molecule has 5 heteroatoms. The van der Waals surface area contributed by atoms with Gasteiger partial charge in [0, 0.05) is 18.9 Å². The summed E-state index contributed by atoms with van der Waals surface area (Å²) in [4.78, 5) is 3.96. The standard InChI is InChI=1S/C11H10ClFN2O/c12-9-2-1-8(5-10(9)13)6-15-4-3-14-11(15)7-16/h1-5,16H,6-7H2. The number of aliphatic hydroxyl groups is 1. The number of hydrogen-bond donors (Lipinski definition) is 1. The Kier molecular flexibility index (Phi) is 3.22. The third-order valence-corrected chi connectivity index (χ3v) is 2.59. The summed E-state index contributed by atoms with van der Waals surface area (Å²) in [5.41, 5.74) is 0.773. The molecule has 0 saturated carbocycles. The largest absolute Gasteiger partial charge is 0.388 e. The summed E-state index contributed by atoms with van der Waals surface area (Å²) >= 11 is 5.59. The zero-order chi connectivity index (χ0) is 11.5. The van der Waals surface area contributed by atoms with Crippen molar-refractivity contribution in [1.29, 1.82) is 0 Å². The van der Waals surface area contributed by atoms with Crippen molar-refractivity contribution < 1.29 is 9.50 Å². The predicted molar refractivity (Wildman–Crippen MR) is 58.7 cm³/mol. The lowest BCUT2D eigenvalue weighted by atomic mass is 10.2. The third kappa shape index (κ3) is 2.23. The average Bonchev–Trinajstić information content (AvgIpc) is 2.71. The van der Waals surface area contributed by atoms with Crippen LogP contribution in [-0.2, 0) is 13.2 Å². The monoisotopic (exact) mass is 240 g/mol. The Morgan fingerprint density at radius 2 is 2.25 bits per heavy atom. The van der Waals surface area contributed by atoms with Crippen molar-refractivity contribution in [2.45, 2.75) is 13.2 Å². The van der Waals surface area contributed by atoms with Gasteiger partial charge in [0.2, 0.25) is 0 Å². The highest BCUT2D eigenvalue weighted by Crippen LogP contribution is 2.16. The van der Waals surface area contributed by atoms with Crippen LogP contribution in [0.5, 0.6) is 0 Å². The van der Waals surface area contributed by atoms with Gasteiger partial charge in [-0.25, -0.2) is 9.37 Å². The maximum Gasteiger partial charge on any atom is 0.142 e. The molecular weight excluding hydrogens is 231 g/mol. The number of nitrogens with zero attached hydrogens (tertiary/aromatic N) is 2. The van der Waals surface area contributed by atoms with Gasteiger partial charge in [0.1, 0.15) is 18.2 Å². The minimum atomic E-state index is -0.440. The number of hydrogen-bond acceptors (Lipinski definition) is 2. The van der Waals surface area contributed by atoms with Crippen LogP contribution in [0.2, 0.25) is 5.02 Å². The van der Waals surface area contributed by atoms with Crippen molar-refractivity contribution in [1.82, 2.24) is 9.55 Å². The van der Waals surface area contributed by atoms with Crippen LogP contribution >= 0.6 is 11.6 Å². The van der Waals surface area contributed by atoms with Gasteiger partial charge in [-0.1, -0.05) is 17.7 Å². The van der Waals surface area contributed by atoms with E-state index in [1.54, 1.807) is 23.0 Å². The van der Waals surface area contributed by atoms with Crippen LogP contribution in [0.25, 0.3) is 0 Å². The first-order valence-corrected chi connectivity index (χ1v) is 5.13. The molecule has 0 amide bonds. The minimum absolute atomic E-state index is 0.108. The first-order chi connectivity index (χ1) is 7.70. The molecule has 0 spiro atoms. The maximum atomic E-state index is 13.2. The fraction of sp³-hybridized carbons (Fsp3) is 0.182. The molecule has 0 unspecified atom stereocenters. The molecule has 2 rings (SSSR count). The topological polar surface area (TPSA) is 38.1 Å². The molecule has 0 fully saturated rings. The van der Waals surface area contributed by atoms with Crippen LogP contribution in [0, 0.1) is 5.82 Å². The Labute approximate surface area is 97.1 Å². The molecule has 3 nitrogen and oxygen atoms in total. The van der Waals surface area contributed by atoms with Gasteiger partial charge in [-0.05, 0) is 17.7 Å². The molecule has 16 heavy (non-hydrogen) atoms. The first kappa shape index (κ1) is 11.1. The van der Waals surface area contributed by atoms with Crippen LogP contribution in [0.3, 0.4) is 0 Å². The van der Waals surface area contributed by atoms with Crippen molar-refractivity contribution in [3.05, 3.63) is 52.8 Å². The van der Waals surface area contributed by atoms with Crippen molar-refractivity contribution in [2.24, 2.45) is 0 Å². The van der Waals surface area contributed by atoms with Crippen molar-refractivity contribution in [3.63, 3.8) is 0 Å². The highest BCUT2D eigenvalue weighted by molar-refractivity contribution is 6.30. The minimum Gasteiger partial charge on any atom is -0.388 e. The SMILES string of the molecule is OCc1nccn1Cc1ccc(Cl)c(F)c1. The lowest BCUT2D eigenvalue weighted by Gasteiger charge is -2.06. The second-order valence-electron chi connectivity index (χ2n) is 3.38. The van der Waals surface area contributed by atoms with Crippen LogP contribution in [0.1, 0.15) is 11.4 Å². The fourth-order valence-electron chi connectivity index (χ4n) is 1.47. The fourth-order valence-corrected chi connectivity index (χ4v) is 1.59. The van der Waals surface area contributed by atoms with Gasteiger partial charge in [0.15, 0.2) is 0 Å². The van der Waals surface area contributed by atoms with Gasteiger partial charge >= 0.3 is 0 Å². The van der Waals surface area contributed by atoms with E-state index in [0.29, 0.717) is 12.4 Å². The van der Waals surface area contributed by atoms with Gasteiger partial charge < -0.3 is 9.67 Å². The van der Waals surface area contributed by atoms with Gasteiger partial charge in [0.05, 0.1) is 5.02 Å². The molecule has 2 aromatic rings. The van der Waals surface area contributed by atoms with Crippen molar-refractivity contribution in [2.75, 3.05) is 0 Å². The summed E-state index contributed by atoms with van der Waals surface area (Å²) in [5.74, 6) is 0.111. The highest BCUT2D eigenvalue weighted by Gasteiger charge is 2.04. The number of rotatable bonds is 3. The van der Waals surface area contributed by atoms with E-state index < -0.39 is 5.82 Å². The summed E-state index contributed by atoms with van der Waals surface area (Å²) < 4.78 is 14.9. The Hall–Kier alpha value is -1.39. The Balaban J connectivity index is 2.24. The zero-order valence-electron chi connectivity index (χ0n) is 8.40. The van der Waals surface area contributed by atoms with Gasteiger partial charge in [-0.15, -0.1) is 0 Å². The molecule has 0 bridgehead atoms. The molecule has 0 aliphatic carbocycles. The van der Waals surface area contributed by atoms with Crippen LogP contribution in [0.4, 0.5) is 4.39 Å². The first-order valence-electron chi connectivity index (χ1n) is 4.75. The average molecular weight is 241 g/mol. The molecular formula is C11H10ClFN2O. The molecule has 84 valence electrons. The highest BCUT2D eigenvalue weighted by atomic mass is 35.5. The Morgan fingerprint density at radius 3 is 2.94 bits per heavy atom. The summed E-state index contributed by atoms with van der Waals surface area (Å²) in [5, 5.41) is 9.11. The predicted octanol–water partition coefficient (Wildman–Crippen LogP) is 2.22. The van der Waals surface area contributed by atoms with Crippen LogP contribution in [0.15, 0.2) is 30.6 Å². The Bertz CT molecular complexity index is 498. The number of halogens is 2. The number of benzene rings is 1. The molecule has 1 heterocycles. The van der Waals surface area contributed by atoms with Gasteiger partial charge in [0.25, 0.3) is 0 Å². The van der Waals surface area contributed by atoms with E-state index in [4.69, 9.17) is 16.7 Å². The quantitative estimate of drug-likeness (QED) is 0.893. The zero-order valence-corrected chi connectivity index (χ0v) is 9.15. The van der Waals surface area contributed by atoms with Crippen molar-refractivity contribution >= 4 is 11.6 Å². The number of aliphatic hydroxyl groups excluding tert-OH is 1. The lowest BCUT2D eigenvalue weighted by molar-refractivity contribution is 0.266. The van der Waals surface area contributed by atoms with Gasteiger partial charge in [-0.2, -0.15) is 0 Å². The van der Waals surface area contributed by atoms with Gasteiger partial charge in [-0.3, -0.25) is 0 Å². The van der Waals surface area contributed by atoms with E-state index in [0.717, 1.165) is 5.56 Å². The van der Waals surface area contributed by atoms with E-state index in [1.807, 2.05) is 0 Å². The van der Waals surface area contributed by atoms with Crippen LogP contribution in [-0.4, -0.2) is 14.7 Å². The van der Waals surface area contributed by atoms with Crippen molar-refractivity contribution in [3.8, 4) is 0 Å². The smallest absolute Gasteiger partial charge is 0.142 e. The molecule has 0 radical (unpaired) electrons. The third-order valence-electron chi connectivity index (χ3n) is 2.28. The maximum absolute atomic E-state index is 13.2. The number of aromatic nitrogens is 2. The van der Waals surface area contributed by atoms with E-state index in [9.17, 15) is 4.39 Å². The lowest BCUT2D eigenvalue weighted by Crippen LogP contribution is -2.04. The molecule has 1 aromatic carbocycles. The second-order valence-corrected chi connectivity index (χ2v) is 3.79. The molecule has 1 aromatic heterocycles. The van der Waals surface area contributed by atoms with Crippen LogP contribution < -0.4 is 0 Å². The molecule has 0 aliphatic rings. The molecule has 0 saturated heterocycles. The summed E-state index contributed by atoms with van der Waals surface area (Å²) in [6.45, 7) is 0.326. The summed E-state index contributed by atoms with van der Waals surface area (Å²) in [7, 11) is 0. The van der Waals surface area contributed by atoms with E-state index in [-0.39, 0.29) is 11.6 Å². The summed E-state index contributed by atoms with van der Waals surface area (Å²) in [6, 6.07) is 4.64. The number of imidazole rings is 1. The second kappa shape index (κ2) is 4.63. The van der Waals surface area contributed by atoms with E-state index in [1.165, 1.54) is 12.1 Å². The normalized spacial score (nSPS) is 10.7. The Morgan fingerprint density at radius 1 is 1.44 bits per heavy atom. The van der Waals surface area contributed by atoms with E-state index in [2.05, 4.69) is 4.98 Å².